The minimum Gasteiger partial charge on any atom is -0.393 e. The summed E-state index contributed by atoms with van der Waals surface area (Å²) in [4.78, 5) is 11.3. The van der Waals surface area contributed by atoms with E-state index in [1.165, 1.54) is 0 Å². The number of benzene rings is 2. The van der Waals surface area contributed by atoms with Crippen LogP contribution in [0.15, 0.2) is 60.8 Å². The van der Waals surface area contributed by atoms with E-state index in [9.17, 15) is 5.11 Å². The quantitative estimate of drug-likeness (QED) is 0.746. The van der Waals surface area contributed by atoms with Crippen molar-refractivity contribution < 1.29 is 5.11 Å². The molecule has 0 saturated carbocycles. The van der Waals surface area contributed by atoms with Gasteiger partial charge in [0.2, 0.25) is 5.95 Å². The summed E-state index contributed by atoms with van der Waals surface area (Å²) in [5.41, 5.74) is 4.24. The van der Waals surface area contributed by atoms with Crippen molar-refractivity contribution in [2.24, 2.45) is 0 Å². The van der Waals surface area contributed by atoms with Gasteiger partial charge in [-0.2, -0.15) is 0 Å². The summed E-state index contributed by atoms with van der Waals surface area (Å²) in [5.74, 6) is 0.733. The smallest absolute Gasteiger partial charge is 0.225 e. The van der Waals surface area contributed by atoms with Crippen LogP contribution >= 0.6 is 11.6 Å². The van der Waals surface area contributed by atoms with E-state index in [0.717, 1.165) is 59.3 Å². The molecule has 1 aliphatic rings. The summed E-state index contributed by atoms with van der Waals surface area (Å²) in [6.07, 6.45) is 3.14. The zero-order valence-corrected chi connectivity index (χ0v) is 15.1. The van der Waals surface area contributed by atoms with E-state index in [0.29, 0.717) is 0 Å². The Morgan fingerprint density at radius 3 is 2.08 bits per heavy atom. The Hall–Kier alpha value is -2.43. The number of hydrogen-bond acceptors (Lipinski definition) is 4. The highest BCUT2D eigenvalue weighted by atomic mass is 35.5. The third-order valence-corrected chi connectivity index (χ3v) is 5.00. The first-order chi connectivity index (χ1) is 12.7. The highest BCUT2D eigenvalue weighted by Gasteiger charge is 2.19. The summed E-state index contributed by atoms with van der Waals surface area (Å²) in [6, 6.07) is 18.1. The van der Waals surface area contributed by atoms with Crippen LogP contribution in [0, 0.1) is 0 Å². The zero-order chi connectivity index (χ0) is 17.9. The Bertz CT molecular complexity index is 873. The van der Waals surface area contributed by atoms with E-state index in [2.05, 4.69) is 34.1 Å². The summed E-state index contributed by atoms with van der Waals surface area (Å²) in [6.45, 7) is 1.58. The molecule has 0 bridgehead atoms. The van der Waals surface area contributed by atoms with E-state index in [1.54, 1.807) is 6.20 Å². The molecular weight excluding hydrogens is 346 g/mol. The van der Waals surface area contributed by atoms with Crippen LogP contribution in [0.3, 0.4) is 0 Å². The van der Waals surface area contributed by atoms with Crippen LogP contribution < -0.4 is 4.90 Å². The molecule has 4 nitrogen and oxygen atoms in total. The maximum Gasteiger partial charge on any atom is 0.225 e. The number of hydrogen-bond donors (Lipinski definition) is 1. The summed E-state index contributed by atoms with van der Waals surface area (Å²) in [5, 5.41) is 10.4. The number of aliphatic hydroxyl groups excluding tert-OH is 1. The first-order valence-electron chi connectivity index (χ1n) is 8.81. The van der Waals surface area contributed by atoms with E-state index >= 15 is 0 Å². The maximum atomic E-state index is 9.67. The lowest BCUT2D eigenvalue weighted by atomic mass is 10.0. The largest absolute Gasteiger partial charge is 0.393 e. The third kappa shape index (κ3) is 3.71. The van der Waals surface area contributed by atoms with Gasteiger partial charge >= 0.3 is 0 Å². The summed E-state index contributed by atoms with van der Waals surface area (Å²) < 4.78 is 0. The molecule has 0 atom stereocenters. The van der Waals surface area contributed by atoms with Gasteiger partial charge in [-0.05, 0) is 42.2 Å². The molecule has 3 aromatic rings. The van der Waals surface area contributed by atoms with Crippen LogP contribution in [0.4, 0.5) is 5.95 Å². The van der Waals surface area contributed by atoms with Crippen molar-refractivity contribution in [2.45, 2.75) is 18.9 Å². The highest BCUT2D eigenvalue weighted by molar-refractivity contribution is 6.30. The van der Waals surface area contributed by atoms with E-state index in [1.807, 2.05) is 30.3 Å². The van der Waals surface area contributed by atoms with Gasteiger partial charge in [-0.25, -0.2) is 9.97 Å². The molecule has 0 unspecified atom stereocenters. The number of anilines is 1. The number of piperidine rings is 1. The Kier molecular flexibility index (Phi) is 4.87. The van der Waals surface area contributed by atoms with Crippen LogP contribution in [0.25, 0.3) is 22.4 Å². The van der Waals surface area contributed by atoms with Gasteiger partial charge in [-0.15, -0.1) is 0 Å². The molecule has 5 heteroatoms. The first-order valence-corrected chi connectivity index (χ1v) is 9.19. The third-order valence-electron chi connectivity index (χ3n) is 4.75. The van der Waals surface area contributed by atoms with Crippen molar-refractivity contribution in [1.82, 2.24) is 9.97 Å². The van der Waals surface area contributed by atoms with Gasteiger partial charge in [0.15, 0.2) is 0 Å². The molecule has 0 spiro atoms. The number of halogens is 1. The molecule has 1 aromatic heterocycles. The Balaban J connectivity index is 1.56. The lowest BCUT2D eigenvalue weighted by Crippen LogP contribution is -2.36. The van der Waals surface area contributed by atoms with Crippen LogP contribution in [0.5, 0.6) is 0 Å². The SMILES string of the molecule is OC1CCN(c2nccc(-c3ccc(-c4ccc(Cl)cc4)cc3)n2)CC1. The Morgan fingerprint density at radius 2 is 1.42 bits per heavy atom. The van der Waals surface area contributed by atoms with Gasteiger partial charge in [0.05, 0.1) is 11.8 Å². The minimum absolute atomic E-state index is 0.199. The van der Waals surface area contributed by atoms with Gasteiger partial charge in [0.25, 0.3) is 0 Å². The van der Waals surface area contributed by atoms with E-state index in [4.69, 9.17) is 16.6 Å². The Morgan fingerprint density at radius 1 is 0.846 bits per heavy atom. The minimum atomic E-state index is -0.199. The lowest BCUT2D eigenvalue weighted by molar-refractivity contribution is 0.145. The van der Waals surface area contributed by atoms with Crippen LogP contribution in [-0.4, -0.2) is 34.3 Å². The molecule has 2 aromatic carbocycles. The van der Waals surface area contributed by atoms with Gasteiger partial charge in [0, 0.05) is 29.9 Å². The van der Waals surface area contributed by atoms with E-state index in [-0.39, 0.29) is 6.10 Å². The van der Waals surface area contributed by atoms with Crippen LogP contribution in [0.2, 0.25) is 5.02 Å². The second kappa shape index (κ2) is 7.44. The van der Waals surface area contributed by atoms with Crippen molar-refractivity contribution in [2.75, 3.05) is 18.0 Å². The second-order valence-electron chi connectivity index (χ2n) is 6.54. The number of rotatable bonds is 3. The topological polar surface area (TPSA) is 49.2 Å². The lowest BCUT2D eigenvalue weighted by Gasteiger charge is -2.29. The highest BCUT2D eigenvalue weighted by Crippen LogP contribution is 2.26. The van der Waals surface area contributed by atoms with Gasteiger partial charge < -0.3 is 10.0 Å². The molecule has 2 heterocycles. The van der Waals surface area contributed by atoms with Crippen molar-refractivity contribution in [1.29, 1.82) is 0 Å². The van der Waals surface area contributed by atoms with Crippen molar-refractivity contribution >= 4 is 17.5 Å². The average molecular weight is 366 g/mol. The number of aromatic nitrogens is 2. The zero-order valence-electron chi connectivity index (χ0n) is 14.3. The normalized spacial score (nSPS) is 15.2. The van der Waals surface area contributed by atoms with Gasteiger partial charge in [-0.1, -0.05) is 48.0 Å². The Labute approximate surface area is 158 Å². The van der Waals surface area contributed by atoms with Crippen molar-refractivity contribution in [3.63, 3.8) is 0 Å². The molecule has 1 saturated heterocycles. The second-order valence-corrected chi connectivity index (χ2v) is 6.98. The molecule has 1 N–H and O–H groups in total. The first kappa shape index (κ1) is 17.0. The van der Waals surface area contributed by atoms with Crippen LogP contribution in [-0.2, 0) is 0 Å². The van der Waals surface area contributed by atoms with Crippen molar-refractivity contribution in [3.05, 3.63) is 65.8 Å². The molecule has 26 heavy (non-hydrogen) atoms. The molecular formula is C21H20ClN3O. The van der Waals surface area contributed by atoms with Gasteiger partial charge in [-0.3, -0.25) is 0 Å². The maximum absolute atomic E-state index is 9.67. The monoisotopic (exact) mass is 365 g/mol. The molecule has 132 valence electrons. The predicted molar refractivity (Wildman–Crippen MR) is 105 cm³/mol. The number of aliphatic hydroxyl groups is 1. The molecule has 0 radical (unpaired) electrons. The standard InChI is InChI=1S/C21H20ClN3O/c22-18-7-5-16(6-8-18)15-1-3-17(4-2-15)20-9-12-23-21(24-20)25-13-10-19(26)11-14-25/h1-9,12,19,26H,10-11,13-14H2. The molecule has 1 aliphatic heterocycles. The van der Waals surface area contributed by atoms with E-state index < -0.39 is 0 Å². The fourth-order valence-electron chi connectivity index (χ4n) is 3.20. The average Bonchev–Trinajstić information content (AvgIpc) is 2.69. The number of nitrogens with zero attached hydrogens (tertiary/aromatic N) is 3. The summed E-state index contributed by atoms with van der Waals surface area (Å²) in [7, 11) is 0. The van der Waals surface area contributed by atoms with Gasteiger partial charge in [0.1, 0.15) is 0 Å². The molecule has 4 rings (SSSR count). The molecule has 0 aliphatic carbocycles. The fraction of sp³-hybridized carbons (Fsp3) is 0.238. The molecule has 1 fully saturated rings. The fourth-order valence-corrected chi connectivity index (χ4v) is 3.33. The predicted octanol–water partition coefficient (Wildman–Crippen LogP) is 4.43. The van der Waals surface area contributed by atoms with Crippen LogP contribution in [0.1, 0.15) is 12.8 Å². The molecule has 0 amide bonds. The van der Waals surface area contributed by atoms with Crippen molar-refractivity contribution in [3.8, 4) is 22.4 Å². The summed E-state index contributed by atoms with van der Waals surface area (Å²) >= 11 is 5.96.